The molecule has 0 saturated carbocycles. The first-order valence-electron chi connectivity index (χ1n) is 10.6. The third kappa shape index (κ3) is 2.60. The van der Waals surface area contributed by atoms with Gasteiger partial charge < -0.3 is 9.72 Å². The predicted molar refractivity (Wildman–Crippen MR) is 118 cm³/mol. The molecular weight excluding hydrogens is 396 g/mol. The number of pyridine rings is 1. The molecule has 0 aliphatic carbocycles. The Morgan fingerprint density at radius 2 is 2.03 bits per heavy atom. The number of fused-ring (bicyclic) bond motifs is 2. The van der Waals surface area contributed by atoms with Crippen molar-refractivity contribution in [3.05, 3.63) is 34.2 Å². The number of likely N-dealkylation sites (tertiary alicyclic amines) is 1. The van der Waals surface area contributed by atoms with Crippen molar-refractivity contribution in [2.45, 2.75) is 40.2 Å². The molecule has 2 aliphatic heterocycles. The van der Waals surface area contributed by atoms with E-state index in [1.165, 1.54) is 26.5 Å². The van der Waals surface area contributed by atoms with E-state index >= 15 is 0 Å². The fraction of sp³-hybridized carbons (Fsp3) is 0.500. The smallest absolute Gasteiger partial charge is 0.158 e. The maximum Gasteiger partial charge on any atom is 0.158 e. The summed E-state index contributed by atoms with van der Waals surface area (Å²) in [7, 11) is 0. The summed E-state index contributed by atoms with van der Waals surface area (Å²) in [5, 5.41) is 5.57. The molecule has 0 aromatic carbocycles. The average Bonchev–Trinajstić information content (AvgIpc) is 3.32. The van der Waals surface area contributed by atoms with Crippen LogP contribution in [-0.4, -0.2) is 55.8 Å². The van der Waals surface area contributed by atoms with Crippen LogP contribution in [0.25, 0.3) is 27.3 Å². The van der Waals surface area contributed by atoms with Crippen LogP contribution in [-0.2, 0) is 11.3 Å². The van der Waals surface area contributed by atoms with Crippen LogP contribution < -0.4 is 0 Å². The zero-order valence-electron chi connectivity index (χ0n) is 17.8. The Hall–Kier alpha value is -2.29. The van der Waals surface area contributed by atoms with E-state index < -0.39 is 0 Å². The highest BCUT2D eigenvalue weighted by atomic mass is 32.1. The number of aromatic nitrogens is 5. The zero-order valence-corrected chi connectivity index (χ0v) is 18.6. The quantitative estimate of drug-likeness (QED) is 0.540. The summed E-state index contributed by atoms with van der Waals surface area (Å²) in [5.74, 6) is 0.370. The Bertz CT molecular complexity index is 1270. The number of hydrogen-bond donors (Lipinski definition) is 1. The van der Waals surface area contributed by atoms with Crippen molar-refractivity contribution in [3.8, 4) is 11.3 Å². The third-order valence-corrected chi connectivity index (χ3v) is 7.66. The maximum atomic E-state index is 5.40. The minimum Gasteiger partial charge on any atom is -0.380 e. The van der Waals surface area contributed by atoms with Gasteiger partial charge >= 0.3 is 0 Å². The zero-order chi connectivity index (χ0) is 20.6. The van der Waals surface area contributed by atoms with E-state index in [-0.39, 0.29) is 0 Å². The molecule has 156 valence electrons. The Balaban J connectivity index is 1.39. The fourth-order valence-electron chi connectivity index (χ4n) is 5.01. The van der Waals surface area contributed by atoms with Crippen molar-refractivity contribution >= 4 is 27.3 Å². The van der Waals surface area contributed by atoms with Gasteiger partial charge in [0.15, 0.2) is 5.65 Å². The standard InChI is InChI=1S/C22H26N6OS/c1-12(2)17-18(15-5-28-20(23-11-24-28)14(4)13(15)3)26-21-19(17)25-16(30-21)6-27-7-22(8-27)9-29-10-22/h5,11-12,26H,6-10H2,1-4H3. The summed E-state index contributed by atoms with van der Waals surface area (Å²) < 4.78 is 7.27. The summed E-state index contributed by atoms with van der Waals surface area (Å²) in [5.41, 5.74) is 8.52. The largest absolute Gasteiger partial charge is 0.380 e. The summed E-state index contributed by atoms with van der Waals surface area (Å²) in [6.07, 6.45) is 3.71. The van der Waals surface area contributed by atoms with E-state index in [0.717, 1.165) is 55.3 Å². The molecule has 30 heavy (non-hydrogen) atoms. The third-order valence-electron chi connectivity index (χ3n) is 6.70. The van der Waals surface area contributed by atoms with Crippen LogP contribution >= 0.6 is 11.3 Å². The van der Waals surface area contributed by atoms with Gasteiger partial charge in [-0.2, -0.15) is 5.10 Å². The number of nitrogens with one attached hydrogen (secondary N) is 1. The average molecular weight is 423 g/mol. The molecule has 1 N–H and O–H groups in total. The Kier molecular flexibility index (Phi) is 3.91. The topological polar surface area (TPSA) is 71.3 Å². The Labute approximate surface area is 179 Å². The van der Waals surface area contributed by atoms with Gasteiger partial charge in [-0.15, -0.1) is 0 Å². The van der Waals surface area contributed by atoms with Crippen LogP contribution in [0.4, 0.5) is 0 Å². The van der Waals surface area contributed by atoms with Gasteiger partial charge in [0.1, 0.15) is 21.7 Å². The molecule has 0 amide bonds. The van der Waals surface area contributed by atoms with Gasteiger partial charge in [0.05, 0.1) is 25.5 Å². The van der Waals surface area contributed by atoms with E-state index in [1.807, 2.05) is 4.52 Å². The number of nitrogens with zero attached hydrogens (tertiary/aromatic N) is 5. The lowest BCUT2D eigenvalue weighted by Crippen LogP contribution is -2.65. The van der Waals surface area contributed by atoms with Crippen molar-refractivity contribution in [2.75, 3.05) is 26.3 Å². The highest BCUT2D eigenvalue weighted by Gasteiger charge is 2.48. The normalized spacial score (nSPS) is 18.6. The van der Waals surface area contributed by atoms with E-state index in [1.54, 1.807) is 17.7 Å². The van der Waals surface area contributed by atoms with Gasteiger partial charge in [0.2, 0.25) is 0 Å². The first-order valence-corrected chi connectivity index (χ1v) is 11.4. The molecule has 2 aliphatic rings. The number of thiazole rings is 1. The maximum absolute atomic E-state index is 5.40. The fourth-order valence-corrected chi connectivity index (χ4v) is 6.03. The van der Waals surface area contributed by atoms with Crippen LogP contribution in [0.3, 0.4) is 0 Å². The molecule has 1 spiro atoms. The van der Waals surface area contributed by atoms with Gasteiger partial charge in [0, 0.05) is 35.8 Å². The van der Waals surface area contributed by atoms with Gasteiger partial charge in [0.25, 0.3) is 0 Å². The Morgan fingerprint density at radius 1 is 1.23 bits per heavy atom. The molecule has 2 fully saturated rings. The highest BCUT2D eigenvalue weighted by molar-refractivity contribution is 7.18. The second-order valence-corrected chi connectivity index (χ2v) is 10.4. The number of ether oxygens (including phenoxy) is 1. The first-order chi connectivity index (χ1) is 14.4. The van der Waals surface area contributed by atoms with Crippen molar-refractivity contribution in [3.63, 3.8) is 0 Å². The van der Waals surface area contributed by atoms with Crippen molar-refractivity contribution in [1.82, 2.24) is 29.5 Å². The highest BCUT2D eigenvalue weighted by Crippen LogP contribution is 2.41. The minimum atomic E-state index is 0.370. The van der Waals surface area contributed by atoms with Crippen LogP contribution in [0.15, 0.2) is 12.5 Å². The monoisotopic (exact) mass is 422 g/mol. The van der Waals surface area contributed by atoms with Gasteiger partial charge in [-0.25, -0.2) is 14.5 Å². The lowest BCUT2D eigenvalue weighted by Gasteiger charge is -2.54. The van der Waals surface area contributed by atoms with Crippen LogP contribution in [0, 0.1) is 19.3 Å². The second kappa shape index (κ2) is 6.35. The van der Waals surface area contributed by atoms with Gasteiger partial charge in [-0.05, 0) is 30.9 Å². The van der Waals surface area contributed by atoms with E-state index in [0.29, 0.717) is 11.3 Å². The lowest BCUT2D eigenvalue weighted by molar-refractivity contribution is -0.191. The summed E-state index contributed by atoms with van der Waals surface area (Å²) >= 11 is 1.79. The van der Waals surface area contributed by atoms with Crippen molar-refractivity contribution in [2.24, 2.45) is 5.41 Å². The molecule has 6 rings (SSSR count). The minimum absolute atomic E-state index is 0.370. The molecule has 8 heteroatoms. The Morgan fingerprint density at radius 3 is 2.73 bits per heavy atom. The van der Waals surface area contributed by atoms with Gasteiger partial charge in [-0.1, -0.05) is 25.2 Å². The molecule has 2 saturated heterocycles. The second-order valence-electron chi connectivity index (χ2n) is 9.31. The van der Waals surface area contributed by atoms with E-state index in [4.69, 9.17) is 9.72 Å². The number of hydrogen-bond acceptors (Lipinski definition) is 6. The molecule has 0 unspecified atom stereocenters. The van der Waals surface area contributed by atoms with Gasteiger partial charge in [-0.3, -0.25) is 4.90 Å². The molecule has 6 heterocycles. The molecule has 0 atom stereocenters. The molecule has 4 aromatic heterocycles. The van der Waals surface area contributed by atoms with Crippen molar-refractivity contribution < 1.29 is 4.74 Å². The van der Waals surface area contributed by atoms with E-state index in [9.17, 15) is 0 Å². The molecular formula is C22H26N6OS. The summed E-state index contributed by atoms with van der Waals surface area (Å²) in [6.45, 7) is 13.8. The predicted octanol–water partition coefficient (Wildman–Crippen LogP) is 3.91. The lowest BCUT2D eigenvalue weighted by atomic mass is 9.78. The molecule has 0 radical (unpaired) electrons. The molecule has 4 aromatic rings. The summed E-state index contributed by atoms with van der Waals surface area (Å²) in [6, 6.07) is 0. The number of aromatic amines is 1. The van der Waals surface area contributed by atoms with Crippen LogP contribution in [0.1, 0.15) is 41.5 Å². The number of H-pyrrole nitrogens is 1. The first kappa shape index (κ1) is 18.5. The molecule has 0 bridgehead atoms. The van der Waals surface area contributed by atoms with Crippen molar-refractivity contribution in [1.29, 1.82) is 0 Å². The molecule has 7 nitrogen and oxygen atoms in total. The van der Waals surface area contributed by atoms with Crippen LogP contribution in [0.5, 0.6) is 0 Å². The van der Waals surface area contributed by atoms with E-state index in [2.05, 4.69) is 53.9 Å². The SMILES string of the molecule is Cc1c(-c2[nH]c3sc(CN4CC5(COC5)C4)nc3c2C(C)C)cn2ncnc2c1C. The van der Waals surface area contributed by atoms with Crippen LogP contribution in [0.2, 0.25) is 0 Å². The summed E-state index contributed by atoms with van der Waals surface area (Å²) in [4.78, 5) is 16.8. The number of aryl methyl sites for hydroxylation is 1. The number of rotatable bonds is 4.